The number of hydrogen-bond donors (Lipinski definition) is 3. The molecule has 6 aromatic rings. The third kappa shape index (κ3) is 3.07. The van der Waals surface area contributed by atoms with Crippen molar-refractivity contribution in [2.45, 2.75) is 0 Å². The van der Waals surface area contributed by atoms with Gasteiger partial charge in [0.2, 0.25) is 0 Å². The number of aromatic amines is 2. The topological polar surface area (TPSA) is 104 Å². The molecule has 1 aliphatic heterocycles. The maximum atomic E-state index is 6.01. The van der Waals surface area contributed by atoms with Gasteiger partial charge in [-0.15, -0.1) is 0 Å². The fourth-order valence-corrected chi connectivity index (χ4v) is 4.44. The molecule has 5 heterocycles. The summed E-state index contributed by atoms with van der Waals surface area (Å²) in [5.74, 6) is 1.48. The number of nitrogens with one attached hydrogen (secondary N) is 3. The van der Waals surface area contributed by atoms with Gasteiger partial charge in [-0.25, -0.2) is 4.98 Å². The quantitative estimate of drug-likeness (QED) is 0.303. The van der Waals surface area contributed by atoms with Gasteiger partial charge < -0.3 is 15.0 Å². The van der Waals surface area contributed by atoms with Crippen LogP contribution in [-0.2, 0) is 0 Å². The van der Waals surface area contributed by atoms with E-state index in [1.165, 1.54) is 0 Å². The van der Waals surface area contributed by atoms with Crippen molar-refractivity contribution in [2.75, 3.05) is 18.5 Å². The molecular formula is C26H19N7O. The fraction of sp³-hybridized carbons (Fsp3) is 0.0769. The summed E-state index contributed by atoms with van der Waals surface area (Å²) in [5, 5.41) is 12.1. The van der Waals surface area contributed by atoms with Crippen LogP contribution in [0.3, 0.4) is 0 Å². The molecule has 7 rings (SSSR count). The summed E-state index contributed by atoms with van der Waals surface area (Å²) < 4.78 is 6.01. The van der Waals surface area contributed by atoms with E-state index in [0.717, 1.165) is 61.3 Å². The normalized spacial score (nSPS) is 12.9. The predicted molar refractivity (Wildman–Crippen MR) is 132 cm³/mol. The minimum absolute atomic E-state index is 0.521. The first-order valence-electron chi connectivity index (χ1n) is 11.1. The van der Waals surface area contributed by atoms with Crippen LogP contribution in [0.4, 0.5) is 5.69 Å². The second-order valence-electron chi connectivity index (χ2n) is 8.27. The van der Waals surface area contributed by atoms with E-state index < -0.39 is 0 Å². The molecule has 34 heavy (non-hydrogen) atoms. The Kier molecular flexibility index (Phi) is 4.10. The molecule has 8 heteroatoms. The zero-order chi connectivity index (χ0) is 22.5. The first-order valence-corrected chi connectivity index (χ1v) is 11.1. The number of aromatic nitrogens is 6. The van der Waals surface area contributed by atoms with Gasteiger partial charge in [0.25, 0.3) is 0 Å². The monoisotopic (exact) mass is 445 g/mol. The molecule has 8 nitrogen and oxygen atoms in total. The number of anilines is 1. The highest BCUT2D eigenvalue weighted by Crippen LogP contribution is 2.34. The van der Waals surface area contributed by atoms with Gasteiger partial charge in [-0.05, 0) is 41.5 Å². The summed E-state index contributed by atoms with van der Waals surface area (Å²) in [5.41, 5.74) is 8.34. The Morgan fingerprint density at radius 3 is 2.79 bits per heavy atom. The Bertz CT molecular complexity index is 1680. The molecule has 1 aliphatic rings. The van der Waals surface area contributed by atoms with E-state index in [1.807, 2.05) is 48.9 Å². The van der Waals surface area contributed by atoms with E-state index in [4.69, 9.17) is 9.72 Å². The van der Waals surface area contributed by atoms with Crippen LogP contribution in [0.2, 0.25) is 0 Å². The van der Waals surface area contributed by atoms with Gasteiger partial charge in [-0.3, -0.25) is 15.1 Å². The number of benzene rings is 2. The summed E-state index contributed by atoms with van der Waals surface area (Å²) in [4.78, 5) is 17.2. The molecule has 0 radical (unpaired) electrons. The van der Waals surface area contributed by atoms with E-state index in [2.05, 4.69) is 48.7 Å². The average molecular weight is 445 g/mol. The first-order chi connectivity index (χ1) is 16.8. The molecule has 0 aliphatic carbocycles. The Balaban J connectivity index is 1.47. The number of imidazole rings is 1. The molecule has 164 valence electrons. The van der Waals surface area contributed by atoms with Crippen molar-refractivity contribution in [1.82, 2.24) is 30.1 Å². The Morgan fingerprint density at radius 1 is 0.824 bits per heavy atom. The highest BCUT2D eigenvalue weighted by atomic mass is 16.5. The minimum atomic E-state index is 0.521. The van der Waals surface area contributed by atoms with Gasteiger partial charge in [-0.1, -0.05) is 18.2 Å². The highest BCUT2D eigenvalue weighted by molar-refractivity contribution is 5.98. The van der Waals surface area contributed by atoms with Crippen LogP contribution in [0.25, 0.3) is 55.7 Å². The maximum Gasteiger partial charge on any atom is 0.159 e. The number of rotatable bonds is 0. The van der Waals surface area contributed by atoms with Crippen LogP contribution in [-0.4, -0.2) is 43.3 Å². The number of hydrogen-bond acceptors (Lipinski definition) is 6. The van der Waals surface area contributed by atoms with Crippen molar-refractivity contribution in [3.05, 3.63) is 73.3 Å². The summed E-state index contributed by atoms with van der Waals surface area (Å²) >= 11 is 0. The molecule has 3 N–H and O–H groups in total. The number of fused-ring (bicyclic) bond motifs is 9. The zero-order valence-corrected chi connectivity index (χ0v) is 18.0. The third-order valence-electron chi connectivity index (χ3n) is 6.10. The van der Waals surface area contributed by atoms with Gasteiger partial charge >= 0.3 is 0 Å². The van der Waals surface area contributed by atoms with Crippen molar-refractivity contribution >= 4 is 27.6 Å². The average Bonchev–Trinajstić information content (AvgIpc) is 3.50. The standard InChI is InChI=1S/C26H19N7O/c1-2-16-9-19(3-1)34-7-6-29-18-8-17(11-27-12-18)15-4-5-22-20(10-15)25(33-32-22)26-30-23-14-28-13-21(16)24(23)31-26/h1-5,8-14,29H,6-7H2,(H,30,31)(H,32,33). The number of ether oxygens (including phenoxy) is 1. The lowest BCUT2D eigenvalue weighted by Crippen LogP contribution is -2.11. The highest BCUT2D eigenvalue weighted by Gasteiger charge is 2.16. The summed E-state index contributed by atoms with van der Waals surface area (Å²) in [6.07, 6.45) is 7.32. The molecule has 2 aromatic carbocycles. The van der Waals surface area contributed by atoms with E-state index in [0.29, 0.717) is 19.0 Å². The SMILES string of the molecule is c1cc2cc(c1)-c1cncc3[nH]c(nc13)-c1n[nH]c3ccc(cc13)-c1cncc(c1)NCCO2. The number of nitrogens with zero attached hydrogens (tertiary/aromatic N) is 4. The minimum Gasteiger partial charge on any atom is -0.492 e. The summed E-state index contributed by atoms with van der Waals surface area (Å²) in [6, 6.07) is 16.3. The van der Waals surface area contributed by atoms with Gasteiger partial charge in [-0.2, -0.15) is 5.10 Å². The van der Waals surface area contributed by atoms with Gasteiger partial charge in [0.1, 0.15) is 18.1 Å². The molecule has 8 bridgehead atoms. The molecule has 0 fully saturated rings. The van der Waals surface area contributed by atoms with Crippen LogP contribution in [0, 0.1) is 0 Å². The van der Waals surface area contributed by atoms with Crippen molar-refractivity contribution in [3.8, 4) is 39.5 Å². The van der Waals surface area contributed by atoms with Crippen LogP contribution in [0.5, 0.6) is 5.75 Å². The number of pyridine rings is 2. The van der Waals surface area contributed by atoms with Crippen molar-refractivity contribution in [3.63, 3.8) is 0 Å². The second-order valence-corrected chi connectivity index (χ2v) is 8.27. The largest absolute Gasteiger partial charge is 0.492 e. The van der Waals surface area contributed by atoms with Gasteiger partial charge in [0.15, 0.2) is 5.82 Å². The van der Waals surface area contributed by atoms with E-state index >= 15 is 0 Å². The smallest absolute Gasteiger partial charge is 0.159 e. The summed E-state index contributed by atoms with van der Waals surface area (Å²) in [7, 11) is 0. The molecule has 0 saturated heterocycles. The Labute approximate surface area is 194 Å². The van der Waals surface area contributed by atoms with E-state index in [9.17, 15) is 0 Å². The second kappa shape index (κ2) is 7.41. The zero-order valence-electron chi connectivity index (χ0n) is 18.0. The van der Waals surface area contributed by atoms with Gasteiger partial charge in [0.05, 0.1) is 28.4 Å². The summed E-state index contributed by atoms with van der Waals surface area (Å²) in [6.45, 7) is 1.17. The van der Waals surface area contributed by atoms with Crippen LogP contribution in [0.15, 0.2) is 73.3 Å². The van der Waals surface area contributed by atoms with Crippen molar-refractivity contribution in [1.29, 1.82) is 0 Å². The van der Waals surface area contributed by atoms with Crippen molar-refractivity contribution in [2.24, 2.45) is 0 Å². The van der Waals surface area contributed by atoms with Crippen LogP contribution >= 0.6 is 0 Å². The van der Waals surface area contributed by atoms with E-state index in [1.54, 1.807) is 6.20 Å². The lowest BCUT2D eigenvalue weighted by atomic mass is 10.0. The molecule has 0 saturated carbocycles. The lowest BCUT2D eigenvalue weighted by Gasteiger charge is -2.11. The Hall–Kier alpha value is -4.72. The molecule has 0 spiro atoms. The number of H-pyrrole nitrogens is 2. The maximum absolute atomic E-state index is 6.01. The van der Waals surface area contributed by atoms with Crippen LogP contribution < -0.4 is 10.1 Å². The van der Waals surface area contributed by atoms with Gasteiger partial charge in [0, 0.05) is 41.6 Å². The predicted octanol–water partition coefficient (Wildman–Crippen LogP) is 5.03. The first kappa shape index (κ1) is 18.8. The molecule has 0 unspecified atom stereocenters. The molecule has 4 aromatic heterocycles. The Morgan fingerprint density at radius 2 is 1.79 bits per heavy atom. The third-order valence-corrected chi connectivity index (χ3v) is 6.10. The molecule has 0 amide bonds. The molecular weight excluding hydrogens is 426 g/mol. The van der Waals surface area contributed by atoms with Crippen molar-refractivity contribution < 1.29 is 4.74 Å². The fourth-order valence-electron chi connectivity index (χ4n) is 4.44. The van der Waals surface area contributed by atoms with Crippen LogP contribution in [0.1, 0.15) is 0 Å². The lowest BCUT2D eigenvalue weighted by molar-refractivity contribution is 0.333. The van der Waals surface area contributed by atoms with E-state index in [-0.39, 0.29) is 0 Å². The molecule has 0 atom stereocenters.